The predicted molar refractivity (Wildman–Crippen MR) is 51.5 cm³/mol. The molecule has 0 aliphatic heterocycles. The van der Waals surface area contributed by atoms with Crippen molar-refractivity contribution in [1.29, 1.82) is 0 Å². The zero-order chi connectivity index (χ0) is 8.84. The topological polar surface area (TPSA) is 39.2 Å². The van der Waals surface area contributed by atoms with Crippen LogP contribution < -0.4 is 5.73 Å². The molecule has 0 bridgehead atoms. The first-order valence-electron chi connectivity index (χ1n) is 4.57. The van der Waals surface area contributed by atoms with Crippen molar-refractivity contribution in [3.05, 3.63) is 36.1 Å². The Morgan fingerprint density at radius 2 is 2.15 bits per heavy atom. The van der Waals surface area contributed by atoms with Crippen LogP contribution in [0, 0.1) is 0 Å². The zero-order valence-corrected chi connectivity index (χ0v) is 7.23. The molecule has 1 heterocycles. The van der Waals surface area contributed by atoms with Crippen molar-refractivity contribution in [2.45, 2.75) is 18.4 Å². The number of fused-ring (bicyclic) bond motifs is 1. The lowest BCUT2D eigenvalue weighted by molar-refractivity contribution is 0.616. The first-order chi connectivity index (χ1) is 6.34. The SMILES string of the molecule is N[C@@H]1C[C@H]1c1ccc2occc2c1. The maximum atomic E-state index is 5.79. The third kappa shape index (κ3) is 1.06. The highest BCUT2D eigenvalue weighted by Gasteiger charge is 2.34. The molecule has 13 heavy (non-hydrogen) atoms. The van der Waals surface area contributed by atoms with Gasteiger partial charge in [-0.2, -0.15) is 0 Å². The van der Waals surface area contributed by atoms with E-state index in [0.29, 0.717) is 12.0 Å². The molecule has 0 amide bonds. The lowest BCUT2D eigenvalue weighted by atomic mass is 10.1. The summed E-state index contributed by atoms with van der Waals surface area (Å²) in [6.07, 6.45) is 2.85. The van der Waals surface area contributed by atoms with Gasteiger partial charge in [-0.1, -0.05) is 6.07 Å². The highest BCUT2D eigenvalue weighted by molar-refractivity contribution is 5.78. The third-order valence-electron chi connectivity index (χ3n) is 2.74. The molecule has 2 N–H and O–H groups in total. The van der Waals surface area contributed by atoms with E-state index >= 15 is 0 Å². The minimum atomic E-state index is 0.379. The third-order valence-corrected chi connectivity index (χ3v) is 2.74. The van der Waals surface area contributed by atoms with Crippen molar-refractivity contribution in [2.24, 2.45) is 5.73 Å². The quantitative estimate of drug-likeness (QED) is 0.718. The molecule has 1 aliphatic carbocycles. The van der Waals surface area contributed by atoms with Gasteiger partial charge in [0.25, 0.3) is 0 Å². The van der Waals surface area contributed by atoms with Gasteiger partial charge in [0, 0.05) is 17.3 Å². The lowest BCUT2D eigenvalue weighted by Crippen LogP contribution is -2.00. The van der Waals surface area contributed by atoms with Crippen LogP contribution in [-0.4, -0.2) is 6.04 Å². The van der Waals surface area contributed by atoms with E-state index < -0.39 is 0 Å². The molecule has 2 nitrogen and oxygen atoms in total. The van der Waals surface area contributed by atoms with E-state index in [-0.39, 0.29) is 0 Å². The molecule has 1 saturated carbocycles. The van der Waals surface area contributed by atoms with Gasteiger partial charge >= 0.3 is 0 Å². The highest BCUT2D eigenvalue weighted by atomic mass is 16.3. The van der Waals surface area contributed by atoms with Gasteiger partial charge in [-0.25, -0.2) is 0 Å². The predicted octanol–water partition coefficient (Wildman–Crippen LogP) is 2.25. The standard InChI is InChI=1S/C11H11NO/c12-10-6-9(10)7-1-2-11-8(5-7)3-4-13-11/h1-5,9-10H,6,12H2/t9-,10+/m0/s1. The van der Waals surface area contributed by atoms with Gasteiger partial charge in [-0.3, -0.25) is 0 Å². The number of hydrogen-bond acceptors (Lipinski definition) is 2. The second kappa shape index (κ2) is 2.36. The maximum absolute atomic E-state index is 5.79. The highest BCUT2D eigenvalue weighted by Crippen LogP contribution is 2.39. The van der Waals surface area contributed by atoms with Gasteiger partial charge < -0.3 is 10.2 Å². The van der Waals surface area contributed by atoms with Gasteiger partial charge in [-0.15, -0.1) is 0 Å². The smallest absolute Gasteiger partial charge is 0.133 e. The summed E-state index contributed by atoms with van der Waals surface area (Å²) in [4.78, 5) is 0. The Labute approximate surface area is 76.3 Å². The average Bonchev–Trinajstić information content (AvgIpc) is 2.70. The molecular formula is C11H11NO. The van der Waals surface area contributed by atoms with Crippen LogP contribution in [0.15, 0.2) is 34.9 Å². The molecular weight excluding hydrogens is 162 g/mol. The summed E-state index contributed by atoms with van der Waals surface area (Å²) in [5.41, 5.74) is 8.10. The van der Waals surface area contributed by atoms with Crippen molar-refractivity contribution < 1.29 is 4.42 Å². The summed E-state index contributed by atoms with van der Waals surface area (Å²) in [6, 6.07) is 8.69. The van der Waals surface area contributed by atoms with Crippen LogP contribution in [0.25, 0.3) is 11.0 Å². The fraction of sp³-hybridized carbons (Fsp3) is 0.273. The number of furan rings is 1. The van der Waals surface area contributed by atoms with Crippen molar-refractivity contribution in [2.75, 3.05) is 0 Å². The monoisotopic (exact) mass is 173 g/mol. The van der Waals surface area contributed by atoms with Gasteiger partial charge in [0.05, 0.1) is 6.26 Å². The molecule has 2 aromatic rings. The summed E-state index contributed by atoms with van der Waals surface area (Å²) in [6.45, 7) is 0. The summed E-state index contributed by atoms with van der Waals surface area (Å²) in [7, 11) is 0. The number of nitrogens with two attached hydrogens (primary N) is 1. The fourth-order valence-corrected chi connectivity index (χ4v) is 1.81. The first kappa shape index (κ1) is 7.15. The van der Waals surface area contributed by atoms with E-state index in [0.717, 1.165) is 12.0 Å². The Balaban J connectivity index is 2.10. The Morgan fingerprint density at radius 3 is 2.92 bits per heavy atom. The van der Waals surface area contributed by atoms with Crippen LogP contribution in [0.3, 0.4) is 0 Å². The largest absolute Gasteiger partial charge is 0.464 e. The van der Waals surface area contributed by atoms with Gasteiger partial charge in [0.1, 0.15) is 5.58 Å². The molecule has 1 aromatic heterocycles. The summed E-state index contributed by atoms with van der Waals surface area (Å²) < 4.78 is 5.27. The Bertz CT molecular complexity index is 446. The molecule has 2 heteroatoms. The molecule has 0 radical (unpaired) electrons. The number of rotatable bonds is 1. The summed E-state index contributed by atoms with van der Waals surface area (Å²) in [5, 5.41) is 1.18. The van der Waals surface area contributed by atoms with Gasteiger partial charge in [0.15, 0.2) is 0 Å². The van der Waals surface area contributed by atoms with E-state index in [1.165, 1.54) is 10.9 Å². The Morgan fingerprint density at radius 1 is 1.31 bits per heavy atom. The molecule has 66 valence electrons. The second-order valence-corrected chi connectivity index (χ2v) is 3.72. The molecule has 1 fully saturated rings. The van der Waals surface area contributed by atoms with E-state index in [4.69, 9.17) is 10.2 Å². The maximum Gasteiger partial charge on any atom is 0.133 e. The Hall–Kier alpha value is -1.28. The molecule has 2 atom stereocenters. The van der Waals surface area contributed by atoms with Crippen LogP contribution in [0.4, 0.5) is 0 Å². The lowest BCUT2D eigenvalue weighted by Gasteiger charge is -1.97. The first-order valence-corrected chi connectivity index (χ1v) is 4.57. The average molecular weight is 173 g/mol. The van der Waals surface area contributed by atoms with Crippen LogP contribution >= 0.6 is 0 Å². The minimum absolute atomic E-state index is 0.379. The number of benzene rings is 1. The van der Waals surface area contributed by atoms with E-state index in [1.54, 1.807) is 6.26 Å². The molecule has 0 spiro atoms. The molecule has 3 rings (SSSR count). The van der Waals surface area contributed by atoms with Crippen LogP contribution in [0.5, 0.6) is 0 Å². The Kier molecular flexibility index (Phi) is 1.30. The molecule has 0 unspecified atom stereocenters. The molecule has 1 aromatic carbocycles. The summed E-state index contributed by atoms with van der Waals surface area (Å²) in [5.74, 6) is 0.583. The second-order valence-electron chi connectivity index (χ2n) is 3.72. The fourth-order valence-electron chi connectivity index (χ4n) is 1.81. The van der Waals surface area contributed by atoms with E-state index in [1.807, 2.05) is 12.1 Å². The minimum Gasteiger partial charge on any atom is -0.464 e. The molecule has 1 aliphatic rings. The van der Waals surface area contributed by atoms with Crippen molar-refractivity contribution in [3.8, 4) is 0 Å². The van der Waals surface area contributed by atoms with Crippen LogP contribution in [-0.2, 0) is 0 Å². The van der Waals surface area contributed by atoms with Crippen molar-refractivity contribution in [1.82, 2.24) is 0 Å². The van der Waals surface area contributed by atoms with E-state index in [2.05, 4.69) is 12.1 Å². The van der Waals surface area contributed by atoms with Crippen molar-refractivity contribution in [3.63, 3.8) is 0 Å². The van der Waals surface area contributed by atoms with Crippen LogP contribution in [0.2, 0.25) is 0 Å². The normalized spacial score (nSPS) is 26.5. The van der Waals surface area contributed by atoms with Crippen LogP contribution in [0.1, 0.15) is 17.9 Å². The molecule has 0 saturated heterocycles. The van der Waals surface area contributed by atoms with Gasteiger partial charge in [0.2, 0.25) is 0 Å². The number of hydrogen-bond donors (Lipinski definition) is 1. The van der Waals surface area contributed by atoms with Gasteiger partial charge in [-0.05, 0) is 30.2 Å². The van der Waals surface area contributed by atoms with Crippen molar-refractivity contribution >= 4 is 11.0 Å². The van der Waals surface area contributed by atoms with E-state index in [9.17, 15) is 0 Å². The zero-order valence-electron chi connectivity index (χ0n) is 7.23. The summed E-state index contributed by atoms with van der Waals surface area (Å²) >= 11 is 0.